The van der Waals surface area contributed by atoms with E-state index in [-0.39, 0.29) is 17.6 Å². The fraction of sp³-hybridized carbons (Fsp3) is 0.682. The third kappa shape index (κ3) is 5.66. The van der Waals surface area contributed by atoms with Crippen LogP contribution in [0, 0.1) is 23.7 Å². The second-order valence-electron chi connectivity index (χ2n) is 8.07. The standard InChI is InChI=1S/C22H30F2O3/c1-2-15-3-5-16(6-4-15)17-7-9-18(10-8-17)21(25)26-19-11-13-20(14-12-19)27-22(23)24/h11-18,22H,2-10H2,1H3/t15-,16-,17-,18-. The van der Waals surface area contributed by atoms with Crippen LogP contribution in [0.15, 0.2) is 24.3 Å². The fourth-order valence-electron chi connectivity index (χ4n) is 4.78. The average molecular weight is 380 g/mol. The third-order valence-electron chi connectivity index (χ3n) is 6.51. The number of halogens is 2. The number of ether oxygens (including phenoxy) is 2. The van der Waals surface area contributed by atoms with Crippen LogP contribution >= 0.6 is 0 Å². The number of esters is 1. The SMILES string of the molecule is CC[C@H]1CC[C@H]([C@H]2CC[C@H](C(=O)Oc3ccc(OC(F)F)cc3)CC2)CC1. The molecule has 150 valence electrons. The lowest BCUT2D eigenvalue weighted by molar-refractivity contribution is -0.140. The van der Waals surface area contributed by atoms with E-state index in [0.717, 1.165) is 43.4 Å². The Balaban J connectivity index is 1.43. The molecule has 0 spiro atoms. The zero-order chi connectivity index (χ0) is 19.2. The van der Waals surface area contributed by atoms with Gasteiger partial charge in [0.05, 0.1) is 5.92 Å². The molecule has 1 aromatic carbocycles. The van der Waals surface area contributed by atoms with Crippen LogP contribution in [0.25, 0.3) is 0 Å². The molecule has 0 bridgehead atoms. The summed E-state index contributed by atoms with van der Waals surface area (Å²) in [6.07, 6.45) is 10.8. The van der Waals surface area contributed by atoms with Crippen molar-refractivity contribution in [2.24, 2.45) is 23.7 Å². The van der Waals surface area contributed by atoms with Crippen LogP contribution in [0.2, 0.25) is 0 Å². The molecule has 3 nitrogen and oxygen atoms in total. The topological polar surface area (TPSA) is 35.5 Å². The van der Waals surface area contributed by atoms with Gasteiger partial charge in [0.2, 0.25) is 0 Å². The van der Waals surface area contributed by atoms with Gasteiger partial charge in [-0.1, -0.05) is 26.2 Å². The number of carbonyl (C=O) groups excluding carboxylic acids is 1. The van der Waals surface area contributed by atoms with Gasteiger partial charge < -0.3 is 9.47 Å². The molecule has 0 atom stereocenters. The Morgan fingerprint density at radius 1 is 0.926 bits per heavy atom. The predicted molar refractivity (Wildman–Crippen MR) is 99.9 cm³/mol. The second kappa shape index (κ2) is 9.52. The van der Waals surface area contributed by atoms with Crippen LogP contribution in [0.3, 0.4) is 0 Å². The number of alkyl halides is 2. The maximum absolute atomic E-state index is 12.4. The first kappa shape index (κ1) is 20.1. The van der Waals surface area contributed by atoms with Crippen LogP contribution < -0.4 is 9.47 Å². The van der Waals surface area contributed by atoms with Crippen molar-refractivity contribution in [3.05, 3.63) is 24.3 Å². The zero-order valence-electron chi connectivity index (χ0n) is 16.0. The molecule has 0 heterocycles. The quantitative estimate of drug-likeness (QED) is 0.434. The number of rotatable bonds is 6. The van der Waals surface area contributed by atoms with Crippen molar-refractivity contribution in [2.45, 2.75) is 71.3 Å². The molecule has 2 aliphatic rings. The minimum absolute atomic E-state index is 0.0507. The normalized spacial score (nSPS) is 28.7. The highest BCUT2D eigenvalue weighted by Crippen LogP contribution is 2.42. The summed E-state index contributed by atoms with van der Waals surface area (Å²) in [5.41, 5.74) is 0. The first-order valence-corrected chi connectivity index (χ1v) is 10.3. The highest BCUT2D eigenvalue weighted by atomic mass is 19.3. The maximum Gasteiger partial charge on any atom is 0.387 e. The van der Waals surface area contributed by atoms with Crippen molar-refractivity contribution in [1.29, 1.82) is 0 Å². The molecule has 0 amide bonds. The van der Waals surface area contributed by atoms with Gasteiger partial charge in [0, 0.05) is 0 Å². The second-order valence-corrected chi connectivity index (χ2v) is 8.07. The molecule has 0 N–H and O–H groups in total. The van der Waals surface area contributed by atoms with Gasteiger partial charge >= 0.3 is 12.6 Å². The average Bonchev–Trinajstić information content (AvgIpc) is 2.69. The molecule has 2 fully saturated rings. The van der Waals surface area contributed by atoms with Gasteiger partial charge in [0.25, 0.3) is 0 Å². The Bertz CT molecular complexity index is 586. The van der Waals surface area contributed by atoms with Crippen LogP contribution in [0.1, 0.15) is 64.7 Å². The van der Waals surface area contributed by atoms with Gasteiger partial charge in [-0.05, 0) is 80.5 Å². The molecule has 0 unspecified atom stereocenters. The maximum atomic E-state index is 12.4. The van der Waals surface area contributed by atoms with Gasteiger partial charge in [-0.25, -0.2) is 0 Å². The van der Waals surface area contributed by atoms with Gasteiger partial charge in [-0.2, -0.15) is 8.78 Å². The van der Waals surface area contributed by atoms with Crippen molar-refractivity contribution < 1.29 is 23.0 Å². The molecule has 0 aromatic heterocycles. The van der Waals surface area contributed by atoms with E-state index in [1.807, 2.05) is 0 Å². The van der Waals surface area contributed by atoms with Crippen molar-refractivity contribution in [1.82, 2.24) is 0 Å². The molecule has 2 saturated carbocycles. The van der Waals surface area contributed by atoms with E-state index in [4.69, 9.17) is 4.74 Å². The lowest BCUT2D eigenvalue weighted by Crippen LogP contribution is -2.30. The Morgan fingerprint density at radius 2 is 1.44 bits per heavy atom. The van der Waals surface area contributed by atoms with E-state index in [1.165, 1.54) is 56.4 Å². The lowest BCUT2D eigenvalue weighted by Gasteiger charge is -2.37. The van der Waals surface area contributed by atoms with E-state index in [2.05, 4.69) is 11.7 Å². The Hall–Kier alpha value is -1.65. The van der Waals surface area contributed by atoms with Crippen LogP contribution in [0.4, 0.5) is 8.78 Å². The summed E-state index contributed by atoms with van der Waals surface area (Å²) in [4.78, 5) is 12.4. The molecular formula is C22H30F2O3. The first-order chi connectivity index (χ1) is 13.0. The first-order valence-electron chi connectivity index (χ1n) is 10.3. The van der Waals surface area contributed by atoms with Crippen molar-refractivity contribution in [3.8, 4) is 11.5 Å². The molecule has 0 radical (unpaired) electrons. The van der Waals surface area contributed by atoms with Crippen molar-refractivity contribution in [3.63, 3.8) is 0 Å². The summed E-state index contributed by atoms with van der Waals surface area (Å²) in [7, 11) is 0. The molecule has 5 heteroatoms. The third-order valence-corrected chi connectivity index (χ3v) is 6.51. The van der Waals surface area contributed by atoms with Crippen LogP contribution in [-0.2, 0) is 4.79 Å². The molecular weight excluding hydrogens is 350 g/mol. The summed E-state index contributed by atoms with van der Waals surface area (Å²) >= 11 is 0. The molecule has 3 rings (SSSR count). The summed E-state index contributed by atoms with van der Waals surface area (Å²) in [6, 6.07) is 5.76. The minimum atomic E-state index is -2.86. The highest BCUT2D eigenvalue weighted by Gasteiger charge is 2.33. The van der Waals surface area contributed by atoms with Gasteiger partial charge in [-0.15, -0.1) is 0 Å². The number of benzene rings is 1. The summed E-state index contributed by atoms with van der Waals surface area (Å²) in [5.74, 6) is 2.70. The van der Waals surface area contributed by atoms with Gasteiger partial charge in [0.15, 0.2) is 0 Å². The van der Waals surface area contributed by atoms with Crippen LogP contribution in [0.5, 0.6) is 11.5 Å². The Morgan fingerprint density at radius 3 is 1.96 bits per heavy atom. The van der Waals surface area contributed by atoms with E-state index in [9.17, 15) is 13.6 Å². The molecule has 0 aliphatic heterocycles. The Labute approximate surface area is 160 Å². The summed E-state index contributed by atoms with van der Waals surface area (Å²) in [5, 5.41) is 0. The molecule has 2 aliphatic carbocycles. The summed E-state index contributed by atoms with van der Waals surface area (Å²) in [6.45, 7) is -0.563. The number of hydrogen-bond donors (Lipinski definition) is 0. The highest BCUT2D eigenvalue weighted by molar-refractivity contribution is 5.75. The number of carbonyl (C=O) groups is 1. The van der Waals surface area contributed by atoms with E-state index in [1.54, 1.807) is 0 Å². The minimum Gasteiger partial charge on any atom is -0.435 e. The molecule has 0 saturated heterocycles. The zero-order valence-corrected chi connectivity index (χ0v) is 16.0. The van der Waals surface area contributed by atoms with E-state index < -0.39 is 6.61 Å². The molecule has 1 aromatic rings. The van der Waals surface area contributed by atoms with Crippen molar-refractivity contribution in [2.75, 3.05) is 0 Å². The van der Waals surface area contributed by atoms with Gasteiger partial charge in [0.1, 0.15) is 11.5 Å². The lowest BCUT2D eigenvalue weighted by atomic mass is 9.69. The monoisotopic (exact) mass is 380 g/mol. The Kier molecular flexibility index (Phi) is 7.08. The van der Waals surface area contributed by atoms with Crippen LogP contribution in [-0.4, -0.2) is 12.6 Å². The summed E-state index contributed by atoms with van der Waals surface area (Å²) < 4.78 is 34.1. The number of hydrogen-bond acceptors (Lipinski definition) is 3. The largest absolute Gasteiger partial charge is 0.435 e. The fourth-order valence-corrected chi connectivity index (χ4v) is 4.78. The smallest absolute Gasteiger partial charge is 0.387 e. The van der Waals surface area contributed by atoms with Crippen molar-refractivity contribution >= 4 is 5.97 Å². The molecule has 27 heavy (non-hydrogen) atoms. The van der Waals surface area contributed by atoms with E-state index in [0.29, 0.717) is 5.75 Å². The van der Waals surface area contributed by atoms with E-state index >= 15 is 0 Å². The van der Waals surface area contributed by atoms with Gasteiger partial charge in [-0.3, -0.25) is 4.79 Å². The predicted octanol–water partition coefficient (Wildman–Crippen LogP) is 6.22.